The van der Waals surface area contributed by atoms with Crippen molar-refractivity contribution in [3.8, 4) is 11.5 Å². The van der Waals surface area contributed by atoms with Crippen molar-refractivity contribution in [2.45, 2.75) is 38.8 Å². The molecule has 2 amide bonds. The second-order valence-corrected chi connectivity index (χ2v) is 10.8. The van der Waals surface area contributed by atoms with E-state index in [4.69, 9.17) is 21.1 Å². The molecule has 39 heavy (non-hydrogen) atoms. The average Bonchev–Trinajstić information content (AvgIpc) is 3.19. The van der Waals surface area contributed by atoms with Gasteiger partial charge in [0.05, 0.1) is 19.8 Å². The van der Waals surface area contributed by atoms with E-state index in [1.807, 2.05) is 39.0 Å². The molecule has 3 aromatic carbocycles. The van der Waals surface area contributed by atoms with E-state index in [2.05, 4.69) is 5.32 Å². The second kappa shape index (κ2) is 11.5. The quantitative estimate of drug-likeness (QED) is 0.386. The Morgan fingerprint density at radius 3 is 2.15 bits per heavy atom. The molecule has 1 atom stereocenters. The number of carbonyl (C=O) groups excluding carboxylic acids is 2. The van der Waals surface area contributed by atoms with Crippen LogP contribution in [0, 0.1) is 5.82 Å². The Bertz CT molecular complexity index is 1400. The van der Waals surface area contributed by atoms with Crippen LogP contribution in [0.4, 0.5) is 4.39 Å². The van der Waals surface area contributed by atoms with Crippen LogP contribution < -0.4 is 14.8 Å². The molecule has 0 fully saturated rings. The molecule has 0 spiro atoms. The predicted molar refractivity (Wildman–Crippen MR) is 151 cm³/mol. The fraction of sp³-hybridized carbons (Fsp3) is 0.290. The lowest BCUT2D eigenvalue weighted by Crippen LogP contribution is -2.52. The number of methoxy groups -OCH3 is 2. The van der Waals surface area contributed by atoms with Gasteiger partial charge in [-0.05, 0) is 80.3 Å². The summed E-state index contributed by atoms with van der Waals surface area (Å²) in [6.45, 7) is 5.94. The lowest BCUT2D eigenvalue weighted by Gasteiger charge is -2.30. The number of benzene rings is 3. The topological polar surface area (TPSA) is 67.9 Å². The summed E-state index contributed by atoms with van der Waals surface area (Å²) in [6.07, 6.45) is 0.468. The van der Waals surface area contributed by atoms with Crippen molar-refractivity contribution in [1.82, 2.24) is 10.2 Å². The Hall–Kier alpha value is -3.84. The Balaban J connectivity index is 1.81. The van der Waals surface area contributed by atoms with Gasteiger partial charge in [0.1, 0.15) is 11.9 Å². The summed E-state index contributed by atoms with van der Waals surface area (Å²) >= 11 is 6.16. The van der Waals surface area contributed by atoms with Crippen LogP contribution in [0.1, 0.15) is 37.5 Å². The van der Waals surface area contributed by atoms with Crippen molar-refractivity contribution in [2.24, 2.45) is 0 Å². The highest BCUT2D eigenvalue weighted by atomic mass is 35.5. The average molecular weight is 551 g/mol. The van der Waals surface area contributed by atoms with Gasteiger partial charge in [-0.3, -0.25) is 9.59 Å². The zero-order valence-electron chi connectivity index (χ0n) is 22.7. The number of amides is 2. The summed E-state index contributed by atoms with van der Waals surface area (Å²) in [4.78, 5) is 29.5. The van der Waals surface area contributed by atoms with E-state index in [1.165, 1.54) is 12.1 Å². The molecule has 8 heteroatoms. The standard InChI is InChI=1S/C31H32ClFN2O4/c1-31(2,3)34-29(36)28-26(20-7-11-22(32)12-8-20)27(21-9-13-23(33)14-10-21)30(37)35(28)17-16-19-6-15-24(38-4)25(18-19)39-5/h6-15,18,28H,16-17H2,1-5H3,(H,34,36). The van der Waals surface area contributed by atoms with Gasteiger partial charge in [-0.15, -0.1) is 0 Å². The predicted octanol–water partition coefficient (Wildman–Crippen LogP) is 5.78. The zero-order chi connectivity index (χ0) is 28.3. The van der Waals surface area contributed by atoms with E-state index >= 15 is 0 Å². The summed E-state index contributed by atoms with van der Waals surface area (Å²) < 4.78 is 24.6. The molecular weight excluding hydrogens is 519 g/mol. The molecule has 0 bridgehead atoms. The van der Waals surface area contributed by atoms with Gasteiger partial charge in [-0.1, -0.05) is 41.9 Å². The molecule has 1 aliphatic heterocycles. The third-order valence-corrected chi connectivity index (χ3v) is 6.71. The maximum absolute atomic E-state index is 14.1. The van der Waals surface area contributed by atoms with Crippen LogP contribution >= 0.6 is 11.6 Å². The molecule has 6 nitrogen and oxygen atoms in total. The first-order chi connectivity index (χ1) is 18.5. The molecule has 4 rings (SSSR count). The third kappa shape index (κ3) is 6.25. The SMILES string of the molecule is COc1ccc(CCN2C(=O)C(c3ccc(F)cc3)=C(c3ccc(Cl)cc3)C2C(=O)NC(C)(C)C)cc1OC. The summed E-state index contributed by atoms with van der Waals surface area (Å²) in [5, 5.41) is 3.58. The minimum Gasteiger partial charge on any atom is -0.493 e. The zero-order valence-corrected chi connectivity index (χ0v) is 23.4. The van der Waals surface area contributed by atoms with Crippen molar-refractivity contribution in [1.29, 1.82) is 0 Å². The van der Waals surface area contributed by atoms with Gasteiger partial charge in [0.15, 0.2) is 11.5 Å². The van der Waals surface area contributed by atoms with Crippen LogP contribution in [0.25, 0.3) is 11.1 Å². The largest absolute Gasteiger partial charge is 0.493 e. The summed E-state index contributed by atoms with van der Waals surface area (Å²) in [6, 6.07) is 17.5. The number of carbonyl (C=O) groups is 2. The van der Waals surface area contributed by atoms with Gasteiger partial charge in [0.25, 0.3) is 5.91 Å². The maximum Gasteiger partial charge on any atom is 0.255 e. The van der Waals surface area contributed by atoms with Crippen LogP contribution in [-0.2, 0) is 16.0 Å². The van der Waals surface area contributed by atoms with Crippen molar-refractivity contribution in [3.63, 3.8) is 0 Å². The van der Waals surface area contributed by atoms with Crippen LogP contribution in [0.15, 0.2) is 66.7 Å². The van der Waals surface area contributed by atoms with Crippen molar-refractivity contribution >= 4 is 34.6 Å². The van der Waals surface area contributed by atoms with Crippen LogP contribution in [-0.4, -0.2) is 49.1 Å². The first-order valence-electron chi connectivity index (χ1n) is 12.6. The summed E-state index contributed by atoms with van der Waals surface area (Å²) in [5.41, 5.74) is 2.52. The van der Waals surface area contributed by atoms with Gasteiger partial charge < -0.3 is 19.7 Å². The number of hydrogen-bond donors (Lipinski definition) is 1. The first-order valence-corrected chi connectivity index (χ1v) is 13.0. The van der Waals surface area contributed by atoms with Crippen molar-refractivity contribution < 1.29 is 23.5 Å². The van der Waals surface area contributed by atoms with E-state index in [0.717, 1.165) is 5.56 Å². The minimum atomic E-state index is -0.905. The molecule has 0 aliphatic carbocycles. The fourth-order valence-corrected chi connectivity index (χ4v) is 4.85. The van der Waals surface area contributed by atoms with E-state index in [1.54, 1.807) is 55.5 Å². The van der Waals surface area contributed by atoms with E-state index < -0.39 is 17.4 Å². The molecule has 1 unspecified atom stereocenters. The first kappa shape index (κ1) is 28.2. The number of nitrogens with one attached hydrogen (secondary N) is 1. The molecule has 0 radical (unpaired) electrons. The maximum atomic E-state index is 14.1. The summed E-state index contributed by atoms with van der Waals surface area (Å²) in [5.74, 6) is 0.166. The molecule has 3 aromatic rings. The molecule has 204 valence electrons. The molecule has 1 aliphatic rings. The van der Waals surface area contributed by atoms with Gasteiger partial charge in [-0.2, -0.15) is 0 Å². The molecule has 0 saturated carbocycles. The van der Waals surface area contributed by atoms with Crippen molar-refractivity contribution in [3.05, 3.63) is 94.3 Å². The van der Waals surface area contributed by atoms with Crippen LogP contribution in [0.3, 0.4) is 0 Å². The van der Waals surface area contributed by atoms with E-state index in [9.17, 15) is 14.0 Å². The lowest BCUT2D eigenvalue weighted by molar-refractivity contribution is -0.133. The Morgan fingerprint density at radius 2 is 1.56 bits per heavy atom. The molecule has 1 heterocycles. The van der Waals surface area contributed by atoms with Gasteiger partial charge >= 0.3 is 0 Å². The van der Waals surface area contributed by atoms with Gasteiger partial charge in [0, 0.05) is 22.7 Å². The Labute approximate surface area is 233 Å². The van der Waals surface area contributed by atoms with E-state index in [-0.39, 0.29) is 18.4 Å². The molecule has 1 N–H and O–H groups in total. The smallest absolute Gasteiger partial charge is 0.255 e. The number of nitrogens with zero attached hydrogens (tertiary/aromatic N) is 1. The van der Waals surface area contributed by atoms with Gasteiger partial charge in [0.2, 0.25) is 5.91 Å². The Kier molecular flexibility index (Phi) is 8.31. The van der Waals surface area contributed by atoms with Gasteiger partial charge in [-0.25, -0.2) is 4.39 Å². The van der Waals surface area contributed by atoms with Crippen LogP contribution in [0.5, 0.6) is 11.5 Å². The third-order valence-electron chi connectivity index (χ3n) is 6.45. The highest BCUT2D eigenvalue weighted by molar-refractivity contribution is 6.34. The van der Waals surface area contributed by atoms with Crippen LogP contribution in [0.2, 0.25) is 5.02 Å². The second-order valence-electron chi connectivity index (χ2n) is 10.4. The lowest BCUT2D eigenvalue weighted by atomic mass is 9.92. The van der Waals surface area contributed by atoms with Crippen molar-refractivity contribution in [2.75, 3.05) is 20.8 Å². The number of hydrogen-bond acceptors (Lipinski definition) is 4. The van der Waals surface area contributed by atoms with E-state index in [0.29, 0.717) is 45.2 Å². The normalized spacial score (nSPS) is 15.5. The number of rotatable bonds is 8. The minimum absolute atomic E-state index is 0.262. The highest BCUT2D eigenvalue weighted by Crippen LogP contribution is 2.40. The summed E-state index contributed by atoms with van der Waals surface area (Å²) in [7, 11) is 3.13. The monoisotopic (exact) mass is 550 g/mol. The molecular formula is C31H32ClFN2O4. The number of halogens is 2. The number of ether oxygens (including phenoxy) is 2. The highest BCUT2D eigenvalue weighted by Gasteiger charge is 2.44. The fourth-order valence-electron chi connectivity index (χ4n) is 4.72. The Morgan fingerprint density at radius 1 is 0.949 bits per heavy atom. The molecule has 0 aromatic heterocycles. The molecule has 0 saturated heterocycles.